The Hall–Kier alpha value is -1.84. The van der Waals surface area contributed by atoms with Gasteiger partial charge in [-0.15, -0.1) is 0 Å². The molecule has 0 saturated carbocycles. The van der Waals surface area contributed by atoms with Crippen LogP contribution in [0.4, 0.5) is 5.82 Å². The minimum Gasteiger partial charge on any atom is -0.465 e. The molecule has 2 rings (SSSR count). The van der Waals surface area contributed by atoms with Gasteiger partial charge >= 0.3 is 5.97 Å². The maximum Gasteiger partial charge on any atom is 0.338 e. The second-order valence-corrected chi connectivity index (χ2v) is 3.60. The molecule has 1 aromatic rings. The summed E-state index contributed by atoms with van der Waals surface area (Å²) in [6, 6.07) is 3.43. The summed E-state index contributed by atoms with van der Waals surface area (Å²) in [6.07, 6.45) is 6.92. The second-order valence-electron chi connectivity index (χ2n) is 3.60. The van der Waals surface area contributed by atoms with Gasteiger partial charge in [-0.2, -0.15) is 0 Å². The highest BCUT2D eigenvalue weighted by Crippen LogP contribution is 2.15. The summed E-state index contributed by atoms with van der Waals surface area (Å²) >= 11 is 0. The van der Waals surface area contributed by atoms with Crippen LogP contribution in [0.3, 0.4) is 0 Å². The third-order valence-electron chi connectivity index (χ3n) is 2.55. The molecule has 4 nitrogen and oxygen atoms in total. The molecule has 0 aliphatic carbocycles. The Kier molecular flexibility index (Phi) is 3.19. The van der Waals surface area contributed by atoms with E-state index in [-0.39, 0.29) is 5.97 Å². The minimum atomic E-state index is -0.323. The Bertz CT molecular complexity index is 415. The minimum absolute atomic E-state index is 0.323. The van der Waals surface area contributed by atoms with Crippen molar-refractivity contribution in [3.05, 3.63) is 36.0 Å². The highest BCUT2D eigenvalue weighted by Gasteiger charge is 2.11. The average molecular weight is 218 g/mol. The van der Waals surface area contributed by atoms with Crippen LogP contribution in [-0.4, -0.2) is 31.2 Å². The zero-order chi connectivity index (χ0) is 11.4. The first kappa shape index (κ1) is 10.7. The van der Waals surface area contributed by atoms with Crippen LogP contribution in [0.5, 0.6) is 0 Å². The van der Waals surface area contributed by atoms with E-state index in [1.54, 1.807) is 18.3 Å². The van der Waals surface area contributed by atoms with Gasteiger partial charge < -0.3 is 9.64 Å². The lowest BCUT2D eigenvalue weighted by Gasteiger charge is -2.24. The predicted molar refractivity (Wildman–Crippen MR) is 61.5 cm³/mol. The Morgan fingerprint density at radius 2 is 2.38 bits per heavy atom. The molecule has 0 aromatic carbocycles. The number of methoxy groups -OCH3 is 1. The monoisotopic (exact) mass is 218 g/mol. The quantitative estimate of drug-likeness (QED) is 0.559. The first-order chi connectivity index (χ1) is 7.81. The highest BCUT2D eigenvalue weighted by atomic mass is 16.5. The van der Waals surface area contributed by atoms with E-state index >= 15 is 0 Å². The van der Waals surface area contributed by atoms with Crippen molar-refractivity contribution in [1.29, 1.82) is 0 Å². The van der Waals surface area contributed by atoms with Crippen LogP contribution in [0.2, 0.25) is 0 Å². The van der Waals surface area contributed by atoms with Gasteiger partial charge in [-0.05, 0) is 18.6 Å². The van der Waals surface area contributed by atoms with Gasteiger partial charge in [0.05, 0.1) is 12.7 Å². The maximum atomic E-state index is 11.4. The third-order valence-corrected chi connectivity index (χ3v) is 2.55. The first-order valence-electron chi connectivity index (χ1n) is 5.25. The molecule has 1 aromatic heterocycles. The number of anilines is 1. The topological polar surface area (TPSA) is 42.4 Å². The average Bonchev–Trinajstić information content (AvgIpc) is 2.39. The van der Waals surface area contributed by atoms with E-state index in [2.05, 4.69) is 26.8 Å². The van der Waals surface area contributed by atoms with Crippen LogP contribution < -0.4 is 4.90 Å². The molecule has 0 radical (unpaired) electrons. The van der Waals surface area contributed by atoms with Gasteiger partial charge in [0.15, 0.2) is 0 Å². The molecule has 0 N–H and O–H groups in total. The van der Waals surface area contributed by atoms with Crippen molar-refractivity contribution in [3.63, 3.8) is 0 Å². The van der Waals surface area contributed by atoms with Crippen molar-refractivity contribution in [2.24, 2.45) is 0 Å². The van der Waals surface area contributed by atoms with Crippen molar-refractivity contribution >= 4 is 11.8 Å². The number of nitrogens with zero attached hydrogens (tertiary/aromatic N) is 2. The standard InChI is InChI=1S/C12H14N2O2/c1-16-12(15)10-5-6-13-11(9-10)14-7-3-2-4-8-14/h2-3,5-6,9H,4,7-8H2,1H3. The number of carbonyl (C=O) groups excluding carboxylic acids is 1. The molecule has 0 saturated heterocycles. The smallest absolute Gasteiger partial charge is 0.338 e. The normalized spacial score (nSPS) is 14.9. The van der Waals surface area contributed by atoms with Gasteiger partial charge in [-0.25, -0.2) is 9.78 Å². The molecule has 1 aliphatic heterocycles. The van der Waals surface area contributed by atoms with Crippen LogP contribution in [0.1, 0.15) is 16.8 Å². The molecule has 0 atom stereocenters. The molecule has 0 fully saturated rings. The molecule has 0 amide bonds. The van der Waals surface area contributed by atoms with E-state index in [4.69, 9.17) is 0 Å². The van der Waals surface area contributed by atoms with Crippen LogP contribution in [0.15, 0.2) is 30.5 Å². The SMILES string of the molecule is COC(=O)c1ccnc(N2CC=CCC2)c1. The molecule has 0 unspecified atom stereocenters. The molecule has 0 bridgehead atoms. The number of aromatic nitrogens is 1. The molecule has 84 valence electrons. The largest absolute Gasteiger partial charge is 0.465 e. The summed E-state index contributed by atoms with van der Waals surface area (Å²) in [6.45, 7) is 1.78. The van der Waals surface area contributed by atoms with Crippen molar-refractivity contribution in [1.82, 2.24) is 4.98 Å². The first-order valence-corrected chi connectivity index (χ1v) is 5.25. The van der Waals surface area contributed by atoms with E-state index in [0.29, 0.717) is 5.56 Å². The van der Waals surface area contributed by atoms with Crippen molar-refractivity contribution in [2.45, 2.75) is 6.42 Å². The van der Waals surface area contributed by atoms with Crippen LogP contribution in [0.25, 0.3) is 0 Å². The fourth-order valence-electron chi connectivity index (χ4n) is 1.69. The molecular formula is C12H14N2O2. The lowest BCUT2D eigenvalue weighted by Crippen LogP contribution is -2.27. The van der Waals surface area contributed by atoms with Crippen molar-refractivity contribution < 1.29 is 9.53 Å². The summed E-state index contributed by atoms with van der Waals surface area (Å²) in [4.78, 5) is 17.8. The summed E-state index contributed by atoms with van der Waals surface area (Å²) in [7, 11) is 1.38. The van der Waals surface area contributed by atoms with E-state index in [1.165, 1.54) is 7.11 Å². The molecule has 2 heterocycles. The third kappa shape index (κ3) is 2.21. The lowest BCUT2D eigenvalue weighted by atomic mass is 10.2. The van der Waals surface area contributed by atoms with Crippen LogP contribution in [-0.2, 0) is 4.74 Å². The van der Waals surface area contributed by atoms with E-state index < -0.39 is 0 Å². The molecule has 0 spiro atoms. The molecular weight excluding hydrogens is 204 g/mol. The van der Waals surface area contributed by atoms with Crippen molar-refractivity contribution in [3.8, 4) is 0 Å². The number of pyridine rings is 1. The van der Waals surface area contributed by atoms with Crippen LogP contribution in [0, 0.1) is 0 Å². The Labute approximate surface area is 94.5 Å². The number of carbonyl (C=O) groups is 1. The van der Waals surface area contributed by atoms with E-state index in [0.717, 1.165) is 25.3 Å². The number of rotatable bonds is 2. The van der Waals surface area contributed by atoms with Gasteiger partial charge in [-0.3, -0.25) is 0 Å². The van der Waals surface area contributed by atoms with Gasteiger partial charge in [-0.1, -0.05) is 12.2 Å². The summed E-state index contributed by atoms with van der Waals surface area (Å²) < 4.78 is 4.68. The fraction of sp³-hybridized carbons (Fsp3) is 0.333. The van der Waals surface area contributed by atoms with Crippen molar-refractivity contribution in [2.75, 3.05) is 25.1 Å². The Morgan fingerprint density at radius 3 is 3.06 bits per heavy atom. The number of ether oxygens (including phenoxy) is 1. The Balaban J connectivity index is 2.21. The molecule has 16 heavy (non-hydrogen) atoms. The highest BCUT2D eigenvalue weighted by molar-refractivity contribution is 5.90. The van der Waals surface area contributed by atoms with Gasteiger partial charge in [0.25, 0.3) is 0 Å². The number of hydrogen-bond donors (Lipinski definition) is 0. The van der Waals surface area contributed by atoms with Gasteiger partial charge in [0, 0.05) is 19.3 Å². The van der Waals surface area contributed by atoms with E-state index in [1.807, 2.05) is 0 Å². The zero-order valence-corrected chi connectivity index (χ0v) is 9.22. The summed E-state index contributed by atoms with van der Waals surface area (Å²) in [5.41, 5.74) is 0.544. The summed E-state index contributed by atoms with van der Waals surface area (Å²) in [5, 5.41) is 0. The fourth-order valence-corrected chi connectivity index (χ4v) is 1.69. The Morgan fingerprint density at radius 1 is 1.50 bits per heavy atom. The van der Waals surface area contributed by atoms with Gasteiger partial charge in [0.1, 0.15) is 5.82 Å². The zero-order valence-electron chi connectivity index (χ0n) is 9.22. The number of esters is 1. The number of hydrogen-bond acceptors (Lipinski definition) is 4. The lowest BCUT2D eigenvalue weighted by molar-refractivity contribution is 0.0600. The maximum absolute atomic E-state index is 11.4. The van der Waals surface area contributed by atoms with Crippen LogP contribution >= 0.6 is 0 Å². The van der Waals surface area contributed by atoms with E-state index in [9.17, 15) is 4.79 Å². The molecule has 4 heteroatoms. The predicted octanol–water partition coefficient (Wildman–Crippen LogP) is 1.63. The molecule has 1 aliphatic rings. The van der Waals surface area contributed by atoms with Gasteiger partial charge in [0.2, 0.25) is 0 Å². The summed E-state index contributed by atoms with van der Waals surface area (Å²) in [5.74, 6) is 0.503. The second kappa shape index (κ2) is 4.79.